The monoisotopic (exact) mass is 435 g/mol. The SMILES string of the molecule is COc1ccc(C(=O)N2CCN(C(=O)CCCc3c[nH]c4ccccc34)CC2)c(OC)c1. The molecule has 3 aromatic rings. The molecule has 1 N–H and O–H groups in total. The van der Waals surface area contributed by atoms with Crippen molar-refractivity contribution in [2.24, 2.45) is 0 Å². The van der Waals surface area contributed by atoms with E-state index in [1.807, 2.05) is 23.2 Å². The lowest BCUT2D eigenvalue weighted by Crippen LogP contribution is -2.50. The second kappa shape index (κ2) is 9.77. The molecule has 7 nitrogen and oxygen atoms in total. The maximum atomic E-state index is 13.0. The number of aromatic amines is 1. The molecule has 2 amide bonds. The van der Waals surface area contributed by atoms with Gasteiger partial charge in [0.05, 0.1) is 19.8 Å². The summed E-state index contributed by atoms with van der Waals surface area (Å²) in [5, 5.41) is 1.22. The molecule has 7 heteroatoms. The number of hydrogen-bond acceptors (Lipinski definition) is 4. The van der Waals surface area contributed by atoms with Crippen molar-refractivity contribution in [2.45, 2.75) is 19.3 Å². The smallest absolute Gasteiger partial charge is 0.257 e. The van der Waals surface area contributed by atoms with Gasteiger partial charge in [0, 0.05) is 55.8 Å². The zero-order valence-electron chi connectivity index (χ0n) is 18.6. The van der Waals surface area contributed by atoms with Crippen molar-refractivity contribution in [3.05, 3.63) is 59.8 Å². The summed E-state index contributed by atoms with van der Waals surface area (Å²) in [5.41, 5.74) is 2.88. The van der Waals surface area contributed by atoms with E-state index < -0.39 is 0 Å². The average molecular weight is 436 g/mol. The molecule has 2 aromatic carbocycles. The molecule has 0 saturated carbocycles. The van der Waals surface area contributed by atoms with Gasteiger partial charge in [-0.05, 0) is 36.6 Å². The van der Waals surface area contributed by atoms with Crippen LogP contribution in [0.2, 0.25) is 0 Å². The lowest BCUT2D eigenvalue weighted by molar-refractivity contribution is -0.132. The first kappa shape index (κ1) is 21.7. The van der Waals surface area contributed by atoms with Crippen molar-refractivity contribution in [1.82, 2.24) is 14.8 Å². The lowest BCUT2D eigenvalue weighted by atomic mass is 10.1. The van der Waals surface area contributed by atoms with Crippen LogP contribution in [0.25, 0.3) is 10.9 Å². The Morgan fingerprint density at radius 1 is 0.969 bits per heavy atom. The van der Waals surface area contributed by atoms with Gasteiger partial charge in [-0.3, -0.25) is 9.59 Å². The van der Waals surface area contributed by atoms with Gasteiger partial charge in [0.2, 0.25) is 5.91 Å². The van der Waals surface area contributed by atoms with Crippen molar-refractivity contribution < 1.29 is 19.1 Å². The fourth-order valence-corrected chi connectivity index (χ4v) is 4.23. The summed E-state index contributed by atoms with van der Waals surface area (Å²) in [6.45, 7) is 2.14. The highest BCUT2D eigenvalue weighted by atomic mass is 16.5. The summed E-state index contributed by atoms with van der Waals surface area (Å²) in [4.78, 5) is 32.6. The van der Waals surface area contributed by atoms with Crippen LogP contribution in [0.1, 0.15) is 28.8 Å². The predicted molar refractivity (Wildman–Crippen MR) is 123 cm³/mol. The number of hydrogen-bond donors (Lipinski definition) is 1. The van der Waals surface area contributed by atoms with Crippen LogP contribution in [-0.2, 0) is 11.2 Å². The Hall–Kier alpha value is -3.48. The number of carbonyl (C=O) groups is 2. The van der Waals surface area contributed by atoms with Gasteiger partial charge in [-0.25, -0.2) is 0 Å². The van der Waals surface area contributed by atoms with E-state index in [1.54, 1.807) is 37.3 Å². The number of nitrogens with zero attached hydrogens (tertiary/aromatic N) is 2. The highest BCUT2D eigenvalue weighted by molar-refractivity contribution is 5.97. The van der Waals surface area contributed by atoms with E-state index in [9.17, 15) is 9.59 Å². The largest absolute Gasteiger partial charge is 0.497 e. The van der Waals surface area contributed by atoms with Crippen molar-refractivity contribution >= 4 is 22.7 Å². The first-order valence-corrected chi connectivity index (χ1v) is 10.9. The third kappa shape index (κ3) is 4.56. The molecule has 0 atom stereocenters. The molecule has 1 aliphatic rings. The Kier molecular flexibility index (Phi) is 6.63. The third-order valence-electron chi connectivity index (χ3n) is 6.07. The summed E-state index contributed by atoms with van der Waals surface area (Å²) >= 11 is 0. The second-order valence-electron chi connectivity index (χ2n) is 7.95. The summed E-state index contributed by atoms with van der Waals surface area (Å²) < 4.78 is 10.6. The third-order valence-corrected chi connectivity index (χ3v) is 6.07. The summed E-state index contributed by atoms with van der Waals surface area (Å²) in [5.74, 6) is 1.20. The van der Waals surface area contributed by atoms with E-state index in [0.29, 0.717) is 49.7 Å². The van der Waals surface area contributed by atoms with Crippen molar-refractivity contribution in [1.29, 1.82) is 0 Å². The topological polar surface area (TPSA) is 74.9 Å². The molecule has 2 heterocycles. The zero-order valence-corrected chi connectivity index (χ0v) is 18.6. The zero-order chi connectivity index (χ0) is 22.5. The number of rotatable bonds is 7. The van der Waals surface area contributed by atoms with Gasteiger partial charge in [0.25, 0.3) is 5.91 Å². The lowest BCUT2D eigenvalue weighted by Gasteiger charge is -2.35. The Morgan fingerprint density at radius 2 is 1.72 bits per heavy atom. The summed E-state index contributed by atoms with van der Waals surface area (Å²) in [6.07, 6.45) is 4.22. The van der Waals surface area contributed by atoms with E-state index >= 15 is 0 Å². The molecule has 0 spiro atoms. The van der Waals surface area contributed by atoms with E-state index in [1.165, 1.54) is 10.9 Å². The number of methoxy groups -OCH3 is 2. The van der Waals surface area contributed by atoms with Gasteiger partial charge in [-0.1, -0.05) is 18.2 Å². The highest BCUT2D eigenvalue weighted by Gasteiger charge is 2.26. The number of ether oxygens (including phenoxy) is 2. The summed E-state index contributed by atoms with van der Waals surface area (Å²) in [6, 6.07) is 13.4. The maximum Gasteiger partial charge on any atom is 0.257 e. The van der Waals surface area contributed by atoms with Crippen LogP contribution in [0.4, 0.5) is 0 Å². The van der Waals surface area contributed by atoms with Gasteiger partial charge in [0.1, 0.15) is 11.5 Å². The van der Waals surface area contributed by atoms with Crippen molar-refractivity contribution in [2.75, 3.05) is 40.4 Å². The quantitative estimate of drug-likeness (QED) is 0.617. The maximum absolute atomic E-state index is 13.0. The number of carbonyl (C=O) groups excluding carboxylic acids is 2. The number of benzene rings is 2. The molecular formula is C25H29N3O4. The number of aryl methyl sites for hydroxylation is 1. The van der Waals surface area contributed by atoms with E-state index in [-0.39, 0.29) is 11.8 Å². The molecule has 168 valence electrons. The number of aromatic nitrogens is 1. The normalized spacial score (nSPS) is 13.9. The molecule has 4 rings (SSSR count). The number of fused-ring (bicyclic) bond motifs is 1. The molecule has 0 unspecified atom stereocenters. The molecule has 1 fully saturated rings. The van der Waals surface area contributed by atoms with Gasteiger partial charge < -0.3 is 24.3 Å². The molecule has 0 bridgehead atoms. The van der Waals surface area contributed by atoms with E-state index in [0.717, 1.165) is 18.4 Å². The molecule has 0 aliphatic carbocycles. The first-order chi connectivity index (χ1) is 15.6. The Labute approximate surface area is 187 Å². The molecular weight excluding hydrogens is 406 g/mol. The minimum absolute atomic E-state index is 0.0871. The van der Waals surface area contributed by atoms with E-state index in [4.69, 9.17) is 9.47 Å². The Bertz CT molecular complexity index is 1100. The number of para-hydroxylation sites is 1. The second-order valence-corrected chi connectivity index (χ2v) is 7.95. The van der Waals surface area contributed by atoms with Crippen molar-refractivity contribution in [3.63, 3.8) is 0 Å². The average Bonchev–Trinajstić information content (AvgIpc) is 3.26. The van der Waals surface area contributed by atoms with Gasteiger partial charge in [-0.2, -0.15) is 0 Å². The van der Waals surface area contributed by atoms with Crippen LogP contribution in [0.5, 0.6) is 11.5 Å². The number of H-pyrrole nitrogens is 1. The predicted octanol–water partition coefficient (Wildman–Crippen LogP) is 3.49. The van der Waals surface area contributed by atoms with Crippen LogP contribution in [0.15, 0.2) is 48.7 Å². The standard InChI is InChI=1S/C25H29N3O4/c1-31-19-10-11-21(23(16-19)32-2)25(30)28-14-12-27(13-15-28)24(29)9-5-6-18-17-26-22-8-4-3-7-20(18)22/h3-4,7-8,10-11,16-17,26H,5-6,9,12-15H2,1-2H3. The molecule has 1 aromatic heterocycles. The minimum Gasteiger partial charge on any atom is -0.497 e. The van der Waals surface area contributed by atoms with Gasteiger partial charge in [0.15, 0.2) is 0 Å². The summed E-state index contributed by atoms with van der Waals surface area (Å²) in [7, 11) is 3.12. The fraction of sp³-hybridized carbons (Fsp3) is 0.360. The minimum atomic E-state index is -0.0871. The molecule has 1 saturated heterocycles. The molecule has 0 radical (unpaired) electrons. The van der Waals surface area contributed by atoms with Gasteiger partial charge in [-0.15, -0.1) is 0 Å². The van der Waals surface area contributed by atoms with Crippen LogP contribution in [0.3, 0.4) is 0 Å². The Morgan fingerprint density at radius 3 is 2.47 bits per heavy atom. The van der Waals surface area contributed by atoms with Crippen LogP contribution >= 0.6 is 0 Å². The van der Waals surface area contributed by atoms with Crippen LogP contribution in [-0.4, -0.2) is 67.0 Å². The van der Waals surface area contributed by atoms with E-state index in [2.05, 4.69) is 17.1 Å². The van der Waals surface area contributed by atoms with Crippen molar-refractivity contribution in [3.8, 4) is 11.5 Å². The fourth-order valence-electron chi connectivity index (χ4n) is 4.23. The molecule has 1 aliphatic heterocycles. The first-order valence-electron chi connectivity index (χ1n) is 10.9. The molecule has 32 heavy (non-hydrogen) atoms. The van der Waals surface area contributed by atoms with Crippen LogP contribution < -0.4 is 9.47 Å². The van der Waals surface area contributed by atoms with Gasteiger partial charge >= 0.3 is 0 Å². The number of nitrogens with one attached hydrogen (secondary N) is 1. The van der Waals surface area contributed by atoms with Crippen LogP contribution in [0, 0.1) is 0 Å². The Balaban J connectivity index is 1.28. The number of amides is 2. The highest BCUT2D eigenvalue weighted by Crippen LogP contribution is 2.26. The number of piperazine rings is 1.